The van der Waals surface area contributed by atoms with E-state index in [0.717, 1.165) is 39.9 Å². The van der Waals surface area contributed by atoms with E-state index in [2.05, 4.69) is 10.0 Å². The zero-order valence-corrected chi connectivity index (χ0v) is 30.0. The van der Waals surface area contributed by atoms with Crippen molar-refractivity contribution in [3.05, 3.63) is 130 Å². The van der Waals surface area contributed by atoms with Gasteiger partial charge in [0.2, 0.25) is 15.9 Å². The maximum Gasteiger partial charge on any atom is 0.407 e. The van der Waals surface area contributed by atoms with Crippen LogP contribution in [0.15, 0.2) is 108 Å². The summed E-state index contributed by atoms with van der Waals surface area (Å²) >= 11 is 0. The molecule has 13 nitrogen and oxygen atoms in total. The van der Waals surface area contributed by atoms with E-state index in [0.29, 0.717) is 19.3 Å². The average molecular weight is 743 g/mol. The molecule has 5 rings (SSSR count). The molecule has 0 fully saturated rings. The van der Waals surface area contributed by atoms with Crippen molar-refractivity contribution in [2.75, 3.05) is 26.7 Å². The van der Waals surface area contributed by atoms with E-state index in [1.807, 2.05) is 78.9 Å². The summed E-state index contributed by atoms with van der Waals surface area (Å²) in [5, 5.41) is 23.8. The van der Waals surface area contributed by atoms with Gasteiger partial charge in [-0.15, -0.1) is 0 Å². The largest absolute Gasteiger partial charge is 0.481 e. The Labute approximate surface area is 308 Å². The Morgan fingerprint density at radius 1 is 0.887 bits per heavy atom. The quantitative estimate of drug-likeness (QED) is 0.0649. The minimum atomic E-state index is -4.18. The number of nitrogens with zero attached hydrogens (tertiary/aromatic N) is 2. The van der Waals surface area contributed by atoms with Gasteiger partial charge in [0.15, 0.2) is 4.90 Å². The highest BCUT2D eigenvalue weighted by molar-refractivity contribution is 7.89. The van der Waals surface area contributed by atoms with E-state index in [1.54, 1.807) is 7.05 Å². The summed E-state index contributed by atoms with van der Waals surface area (Å²) in [5.41, 5.74) is 4.57. The highest BCUT2D eigenvalue weighted by Crippen LogP contribution is 2.44. The minimum absolute atomic E-state index is 0.00796. The number of rotatable bonds is 18. The highest BCUT2D eigenvalue weighted by Gasteiger charge is 2.31. The lowest BCUT2D eigenvalue weighted by atomic mass is 9.94. The molecule has 278 valence electrons. The molecule has 3 N–H and O–H groups in total. The summed E-state index contributed by atoms with van der Waals surface area (Å²) in [5.74, 6) is -2.55. The number of likely N-dealkylation sites (N-methyl/N-ethyl adjacent to an activating group) is 1. The van der Waals surface area contributed by atoms with Crippen molar-refractivity contribution in [2.24, 2.45) is 5.92 Å². The summed E-state index contributed by atoms with van der Waals surface area (Å²) in [6, 6.07) is 29.5. The Kier molecular flexibility index (Phi) is 12.9. The molecule has 0 aliphatic heterocycles. The van der Waals surface area contributed by atoms with E-state index in [-0.39, 0.29) is 32.0 Å². The molecular formula is C39H42N4O9S. The number of hydrogen-bond acceptors (Lipinski definition) is 8. The molecule has 0 heterocycles. The van der Waals surface area contributed by atoms with Gasteiger partial charge in [0.1, 0.15) is 6.61 Å². The minimum Gasteiger partial charge on any atom is -0.481 e. The first-order chi connectivity index (χ1) is 25.5. The lowest BCUT2D eigenvalue weighted by molar-refractivity contribution is -0.387. The molecule has 14 heteroatoms. The number of unbranched alkanes of at least 4 members (excludes halogenated alkanes) is 1. The van der Waals surface area contributed by atoms with Crippen LogP contribution in [0, 0.1) is 16.0 Å². The molecule has 0 bridgehead atoms. The van der Waals surface area contributed by atoms with Crippen molar-refractivity contribution in [1.82, 2.24) is 14.9 Å². The summed E-state index contributed by atoms with van der Waals surface area (Å²) in [7, 11) is -2.62. The molecule has 0 saturated heterocycles. The fraction of sp³-hybridized carbons (Fsp3) is 0.308. The van der Waals surface area contributed by atoms with Crippen molar-refractivity contribution in [1.29, 1.82) is 0 Å². The van der Waals surface area contributed by atoms with Crippen LogP contribution in [-0.2, 0) is 30.8 Å². The lowest BCUT2D eigenvalue weighted by Gasteiger charge is -2.31. The highest BCUT2D eigenvalue weighted by atomic mass is 32.2. The van der Waals surface area contributed by atoms with Gasteiger partial charge in [-0.1, -0.05) is 97.4 Å². The van der Waals surface area contributed by atoms with Crippen LogP contribution in [0.1, 0.15) is 48.3 Å². The Morgan fingerprint density at radius 3 is 2.13 bits per heavy atom. The van der Waals surface area contributed by atoms with Crippen LogP contribution in [0.2, 0.25) is 0 Å². The predicted molar refractivity (Wildman–Crippen MR) is 198 cm³/mol. The summed E-state index contributed by atoms with van der Waals surface area (Å²) < 4.78 is 33.8. The molecule has 53 heavy (non-hydrogen) atoms. The fourth-order valence-electron chi connectivity index (χ4n) is 6.73. The number of benzene rings is 4. The third-order valence-corrected chi connectivity index (χ3v) is 10.9. The Bertz CT molecular complexity index is 2000. The third-order valence-electron chi connectivity index (χ3n) is 9.42. The zero-order valence-electron chi connectivity index (χ0n) is 29.2. The molecule has 0 radical (unpaired) electrons. The summed E-state index contributed by atoms with van der Waals surface area (Å²) in [6.45, 7) is 0.0526. The number of carboxylic acids is 1. The number of aliphatic carboxylic acids is 1. The van der Waals surface area contributed by atoms with Crippen molar-refractivity contribution in [3.8, 4) is 11.1 Å². The van der Waals surface area contributed by atoms with Crippen molar-refractivity contribution < 1.29 is 37.6 Å². The van der Waals surface area contributed by atoms with Gasteiger partial charge in [0.05, 0.1) is 17.3 Å². The van der Waals surface area contributed by atoms with Crippen LogP contribution in [0.3, 0.4) is 0 Å². The second kappa shape index (κ2) is 17.8. The maximum atomic E-state index is 13.8. The normalized spacial score (nSPS) is 13.3. The second-order valence-corrected chi connectivity index (χ2v) is 14.6. The summed E-state index contributed by atoms with van der Waals surface area (Å²) in [6.07, 6.45) is 0.169. The first-order valence-electron chi connectivity index (χ1n) is 17.3. The van der Waals surface area contributed by atoms with E-state index >= 15 is 0 Å². The van der Waals surface area contributed by atoms with Crippen molar-refractivity contribution in [2.45, 2.75) is 49.0 Å². The lowest BCUT2D eigenvalue weighted by Crippen LogP contribution is -2.47. The number of carbonyl (C=O) groups excluding carboxylic acids is 2. The first kappa shape index (κ1) is 38.6. The third kappa shape index (κ3) is 9.84. The van der Waals surface area contributed by atoms with Crippen LogP contribution in [0.25, 0.3) is 11.1 Å². The number of carboxylic acid groups (broad SMARTS) is 1. The van der Waals surface area contributed by atoms with Crippen molar-refractivity contribution in [3.63, 3.8) is 0 Å². The Morgan fingerprint density at radius 2 is 1.49 bits per heavy atom. The number of hydrogen-bond donors (Lipinski definition) is 3. The molecular weight excluding hydrogens is 701 g/mol. The number of ether oxygens (including phenoxy) is 1. The molecule has 4 aromatic rings. The Hall–Kier alpha value is -5.60. The number of amides is 2. The number of nitrogens with one attached hydrogen (secondary N) is 2. The average Bonchev–Trinajstić information content (AvgIpc) is 3.47. The number of sulfonamides is 1. The number of nitro groups is 1. The van der Waals surface area contributed by atoms with E-state index in [1.165, 1.54) is 17.0 Å². The van der Waals surface area contributed by atoms with Crippen LogP contribution in [0.4, 0.5) is 10.5 Å². The number of carbonyl (C=O) groups is 3. The number of fused-ring (bicyclic) bond motifs is 3. The molecule has 0 spiro atoms. The SMILES string of the molecule is CN(C(=O)[C@@H](CC(=O)O)Cc1ccccc1)[C@@H](CCCCNS(=O)(=O)c1ccccc1[N+](=O)[O-])CNC(=O)OCC1c2ccccc2-c2ccccc21. The zero-order chi connectivity index (χ0) is 38.0. The molecule has 0 unspecified atom stereocenters. The van der Waals surface area contributed by atoms with Gasteiger partial charge in [-0.05, 0) is 53.1 Å². The van der Waals surface area contributed by atoms with E-state index in [4.69, 9.17) is 4.74 Å². The Balaban J connectivity index is 1.24. The molecule has 1 aliphatic rings. The smallest absolute Gasteiger partial charge is 0.407 e. The van der Waals surface area contributed by atoms with Gasteiger partial charge >= 0.3 is 12.1 Å². The topological polar surface area (TPSA) is 185 Å². The fourth-order valence-corrected chi connectivity index (χ4v) is 7.98. The number of para-hydroxylation sites is 1. The predicted octanol–water partition coefficient (Wildman–Crippen LogP) is 5.74. The van der Waals surface area contributed by atoms with Gasteiger partial charge in [0, 0.05) is 38.2 Å². The van der Waals surface area contributed by atoms with E-state index in [9.17, 15) is 38.0 Å². The van der Waals surface area contributed by atoms with Crippen LogP contribution >= 0.6 is 0 Å². The van der Waals surface area contributed by atoms with Crippen LogP contribution in [0.5, 0.6) is 0 Å². The van der Waals surface area contributed by atoms with Crippen LogP contribution < -0.4 is 10.0 Å². The molecule has 1 aliphatic carbocycles. The van der Waals surface area contributed by atoms with Crippen LogP contribution in [-0.4, -0.2) is 74.1 Å². The summed E-state index contributed by atoms with van der Waals surface area (Å²) in [4.78, 5) is 50.3. The first-order valence-corrected chi connectivity index (χ1v) is 18.8. The van der Waals surface area contributed by atoms with Gasteiger partial charge in [-0.25, -0.2) is 17.9 Å². The van der Waals surface area contributed by atoms with Gasteiger partial charge in [-0.3, -0.25) is 19.7 Å². The number of alkyl carbamates (subject to hydrolysis) is 1. The molecule has 0 saturated carbocycles. The molecule has 2 amide bonds. The van der Waals surface area contributed by atoms with Crippen molar-refractivity contribution >= 4 is 33.7 Å². The maximum absolute atomic E-state index is 13.8. The second-order valence-electron chi connectivity index (χ2n) is 12.9. The molecule has 0 aromatic heterocycles. The van der Waals surface area contributed by atoms with Gasteiger partial charge in [-0.2, -0.15) is 0 Å². The molecule has 2 atom stereocenters. The molecule has 4 aromatic carbocycles. The van der Waals surface area contributed by atoms with Gasteiger partial charge in [0.25, 0.3) is 5.69 Å². The standard InChI is InChI=1S/C39H42N4O9S/c1-42(38(46)28(24-37(44)45)23-27-13-3-2-4-14-27)29(15-11-12-22-41-53(50,51)36-21-10-9-20-35(36)43(48)49)25-40-39(47)52-26-34-32-18-7-5-16-30(32)31-17-6-8-19-33(31)34/h2-10,13-14,16-21,28-29,34,41H,11-12,15,22-26H2,1H3,(H,40,47)(H,44,45)/t28-,29+/m1/s1. The van der Waals surface area contributed by atoms with Gasteiger partial charge < -0.3 is 20.1 Å². The van der Waals surface area contributed by atoms with E-state index < -0.39 is 61.9 Å². The number of nitro benzene ring substituents is 1. The monoisotopic (exact) mass is 742 g/mol.